The summed E-state index contributed by atoms with van der Waals surface area (Å²) in [5.41, 5.74) is 6.41. The highest BCUT2D eigenvalue weighted by molar-refractivity contribution is 5.35. The van der Waals surface area contributed by atoms with Crippen molar-refractivity contribution in [3.8, 4) is 0 Å². The van der Waals surface area contributed by atoms with Crippen molar-refractivity contribution in [2.75, 3.05) is 0 Å². The molecule has 2 aromatic carbocycles. The summed E-state index contributed by atoms with van der Waals surface area (Å²) in [6.45, 7) is 1.56. The first-order chi connectivity index (χ1) is 9.99. The van der Waals surface area contributed by atoms with Gasteiger partial charge in [0.2, 0.25) is 0 Å². The number of aryl methyl sites for hydroxylation is 4. The SMILES string of the molecule is [2H]C(C)(O)Cc1cc2ccc1CCc1ccc(cc1)CC2. The maximum absolute atomic E-state index is 9.84. The molecule has 0 radical (unpaired) electrons. The van der Waals surface area contributed by atoms with Crippen molar-refractivity contribution in [2.24, 2.45) is 0 Å². The molecule has 1 unspecified atom stereocenters. The molecular formula is C19H22O. The van der Waals surface area contributed by atoms with Crippen LogP contribution in [0.15, 0.2) is 42.5 Å². The fraction of sp³-hybridized carbons (Fsp3) is 0.368. The van der Waals surface area contributed by atoms with Gasteiger partial charge in [0.15, 0.2) is 0 Å². The van der Waals surface area contributed by atoms with E-state index in [-0.39, 0.29) is 0 Å². The maximum atomic E-state index is 9.84. The first-order valence-corrected chi connectivity index (χ1v) is 7.40. The summed E-state index contributed by atoms with van der Waals surface area (Å²) >= 11 is 0. The Hall–Kier alpha value is -1.60. The summed E-state index contributed by atoms with van der Waals surface area (Å²) in [7, 11) is 0. The molecule has 1 nitrogen and oxygen atoms in total. The summed E-state index contributed by atoms with van der Waals surface area (Å²) in [5.74, 6) is 0. The first kappa shape index (κ1) is 12.2. The molecule has 0 aromatic heterocycles. The molecule has 20 heavy (non-hydrogen) atoms. The van der Waals surface area contributed by atoms with Crippen molar-refractivity contribution < 1.29 is 6.48 Å². The van der Waals surface area contributed by atoms with Gasteiger partial charge < -0.3 is 5.11 Å². The molecule has 4 aliphatic carbocycles. The highest BCUT2D eigenvalue weighted by Gasteiger charge is 2.09. The molecule has 0 spiro atoms. The Morgan fingerprint density at radius 3 is 2.15 bits per heavy atom. The molecule has 1 atom stereocenters. The van der Waals surface area contributed by atoms with Gasteiger partial charge in [0.1, 0.15) is 0 Å². The van der Waals surface area contributed by atoms with E-state index in [2.05, 4.69) is 42.5 Å². The van der Waals surface area contributed by atoms with E-state index in [1.807, 2.05) is 0 Å². The minimum Gasteiger partial charge on any atom is -0.393 e. The molecule has 2 aromatic rings. The lowest BCUT2D eigenvalue weighted by atomic mass is 9.91. The lowest BCUT2D eigenvalue weighted by Crippen LogP contribution is -2.09. The number of hydrogen-bond donors (Lipinski definition) is 1. The zero-order valence-corrected chi connectivity index (χ0v) is 12.0. The third kappa shape index (κ3) is 3.10. The minimum absolute atomic E-state index is 0.397. The lowest BCUT2D eigenvalue weighted by molar-refractivity contribution is 0.195. The molecule has 0 fully saturated rings. The van der Waals surface area contributed by atoms with Gasteiger partial charge in [0.25, 0.3) is 0 Å². The molecule has 4 aliphatic rings. The van der Waals surface area contributed by atoms with Crippen molar-refractivity contribution in [3.63, 3.8) is 0 Å². The molecule has 6 rings (SSSR count). The van der Waals surface area contributed by atoms with Crippen molar-refractivity contribution in [1.82, 2.24) is 0 Å². The molecule has 1 N–H and O–H groups in total. The second-order valence-electron chi connectivity index (χ2n) is 5.83. The molecule has 0 saturated carbocycles. The van der Waals surface area contributed by atoms with Crippen molar-refractivity contribution in [2.45, 2.75) is 45.1 Å². The van der Waals surface area contributed by atoms with E-state index in [4.69, 9.17) is 1.37 Å². The molecule has 0 amide bonds. The van der Waals surface area contributed by atoms with Gasteiger partial charge in [-0.2, -0.15) is 0 Å². The van der Waals surface area contributed by atoms with Crippen LogP contribution in [0.2, 0.25) is 0 Å². The second kappa shape index (κ2) is 5.80. The van der Waals surface area contributed by atoms with Crippen molar-refractivity contribution in [1.29, 1.82) is 0 Å². The standard InChI is InChI=1S/C19H22O/c1-14(20)12-19-13-17-7-6-15-2-4-16(5-3-15)8-10-18(19)11-9-17/h2-5,9,11,13-14,20H,6-8,10,12H2,1H3/i14D. The monoisotopic (exact) mass is 267 g/mol. The predicted octanol–water partition coefficient (Wildman–Crippen LogP) is 3.49. The highest BCUT2D eigenvalue weighted by Crippen LogP contribution is 2.20. The zero-order chi connectivity index (χ0) is 14.9. The molecular weight excluding hydrogens is 244 g/mol. The maximum Gasteiger partial charge on any atom is 0.0601 e. The summed E-state index contributed by atoms with van der Waals surface area (Å²) in [4.78, 5) is 0. The van der Waals surface area contributed by atoms with Gasteiger partial charge in [-0.15, -0.1) is 0 Å². The van der Waals surface area contributed by atoms with Gasteiger partial charge in [-0.05, 0) is 66.8 Å². The fourth-order valence-electron chi connectivity index (χ4n) is 2.96. The van der Waals surface area contributed by atoms with E-state index < -0.39 is 6.08 Å². The van der Waals surface area contributed by atoms with E-state index >= 15 is 0 Å². The van der Waals surface area contributed by atoms with E-state index in [9.17, 15) is 5.11 Å². The Kier molecular flexibility index (Phi) is 3.53. The number of hydrogen-bond acceptors (Lipinski definition) is 1. The zero-order valence-electron chi connectivity index (χ0n) is 13.0. The van der Waals surface area contributed by atoms with Crippen molar-refractivity contribution in [3.05, 3.63) is 70.3 Å². The van der Waals surface area contributed by atoms with Gasteiger partial charge in [0.05, 0.1) is 7.45 Å². The van der Waals surface area contributed by atoms with Crippen LogP contribution in [0.1, 0.15) is 36.1 Å². The summed E-state index contributed by atoms with van der Waals surface area (Å²) in [6, 6.07) is 15.5. The van der Waals surface area contributed by atoms with Crippen LogP contribution in [0.5, 0.6) is 0 Å². The van der Waals surface area contributed by atoms with Crippen LogP contribution in [-0.2, 0) is 32.1 Å². The third-order valence-corrected chi connectivity index (χ3v) is 4.13. The largest absolute Gasteiger partial charge is 0.393 e. The minimum atomic E-state index is -1.40. The first-order valence-electron chi connectivity index (χ1n) is 7.90. The summed E-state index contributed by atoms with van der Waals surface area (Å²) in [5, 5.41) is 9.84. The molecule has 0 saturated heterocycles. The predicted molar refractivity (Wildman–Crippen MR) is 83.1 cm³/mol. The fourth-order valence-corrected chi connectivity index (χ4v) is 2.96. The van der Waals surface area contributed by atoms with Crippen LogP contribution in [0.3, 0.4) is 0 Å². The van der Waals surface area contributed by atoms with Crippen LogP contribution < -0.4 is 0 Å². The van der Waals surface area contributed by atoms with Gasteiger partial charge >= 0.3 is 0 Å². The van der Waals surface area contributed by atoms with Crippen LogP contribution >= 0.6 is 0 Å². The van der Waals surface area contributed by atoms with E-state index in [1.54, 1.807) is 6.92 Å². The van der Waals surface area contributed by atoms with Gasteiger partial charge in [-0.3, -0.25) is 0 Å². The average Bonchev–Trinajstić information content (AvgIpc) is 2.41. The highest BCUT2D eigenvalue weighted by atomic mass is 16.3. The number of aliphatic hydroxyl groups is 1. The van der Waals surface area contributed by atoms with Crippen LogP contribution in [-0.4, -0.2) is 11.2 Å². The summed E-state index contributed by atoms with van der Waals surface area (Å²) < 4.78 is 7.77. The van der Waals surface area contributed by atoms with E-state index in [0.717, 1.165) is 31.2 Å². The van der Waals surface area contributed by atoms with Crippen molar-refractivity contribution >= 4 is 0 Å². The Balaban J connectivity index is 1.95. The number of rotatable bonds is 2. The van der Waals surface area contributed by atoms with Gasteiger partial charge in [-0.1, -0.05) is 42.5 Å². The molecule has 1 heteroatoms. The third-order valence-electron chi connectivity index (χ3n) is 4.13. The molecule has 4 bridgehead atoms. The molecule has 104 valence electrons. The van der Waals surface area contributed by atoms with Gasteiger partial charge in [0, 0.05) is 0 Å². The Labute approximate surface area is 122 Å². The van der Waals surface area contributed by atoms with E-state index in [1.165, 1.54) is 22.3 Å². The Bertz CT molecular complexity index is 623. The van der Waals surface area contributed by atoms with Gasteiger partial charge in [-0.25, -0.2) is 0 Å². The Morgan fingerprint density at radius 2 is 1.50 bits per heavy atom. The van der Waals surface area contributed by atoms with Crippen LogP contribution in [0.4, 0.5) is 0 Å². The van der Waals surface area contributed by atoms with Crippen LogP contribution in [0, 0.1) is 0 Å². The Morgan fingerprint density at radius 1 is 0.950 bits per heavy atom. The molecule has 0 heterocycles. The normalized spacial score (nSPS) is 18.0. The second-order valence-corrected chi connectivity index (χ2v) is 5.83. The van der Waals surface area contributed by atoms with Crippen LogP contribution in [0.25, 0.3) is 0 Å². The quantitative estimate of drug-likeness (QED) is 0.883. The number of benzene rings is 2. The lowest BCUT2D eigenvalue weighted by Gasteiger charge is -2.15. The topological polar surface area (TPSA) is 20.2 Å². The smallest absolute Gasteiger partial charge is 0.0601 e. The summed E-state index contributed by atoms with van der Waals surface area (Å²) in [6.07, 6.45) is 3.01. The molecule has 0 aliphatic heterocycles. The van der Waals surface area contributed by atoms with E-state index in [0.29, 0.717) is 6.42 Å². The average molecular weight is 267 g/mol.